The Bertz CT molecular complexity index is 1790. The summed E-state index contributed by atoms with van der Waals surface area (Å²) in [5, 5.41) is 0. The molecule has 49 heavy (non-hydrogen) atoms. The Labute approximate surface area is 287 Å². The highest BCUT2D eigenvalue weighted by Gasteiger charge is 2.38. The summed E-state index contributed by atoms with van der Waals surface area (Å²) < 4.78 is 58.4. The van der Waals surface area contributed by atoms with Crippen molar-refractivity contribution in [3.05, 3.63) is 106 Å². The third-order valence-corrected chi connectivity index (χ3v) is 8.90. The van der Waals surface area contributed by atoms with Crippen LogP contribution >= 0.6 is 11.3 Å². The standard InChI is InChI=1S/C37H37F3N2O6S/c1-36(2,3)48-32(43)21-31(41(4)35(45)47-22-24-11-7-5-8-12-24)34(44)42-18-17-26-19-27(15-16-30(26)42)46-23-28-20-29(25-13-9-6-10-14-25)33(49-28)37(38,39)40/h5-16,19-20,31H,17-18,21-23H2,1-4H3. The zero-order valence-electron chi connectivity index (χ0n) is 27.6. The number of likely N-dealkylation sites (N-methyl/N-ethyl adjacent to an activating group) is 1. The average Bonchev–Trinajstić information content (AvgIpc) is 3.69. The first-order chi connectivity index (χ1) is 23.2. The van der Waals surface area contributed by atoms with Gasteiger partial charge in [-0.1, -0.05) is 60.7 Å². The number of ether oxygens (including phenoxy) is 3. The highest BCUT2D eigenvalue weighted by atomic mass is 32.1. The minimum Gasteiger partial charge on any atom is -0.488 e. The molecule has 3 aromatic carbocycles. The van der Waals surface area contributed by atoms with Crippen LogP contribution in [0.15, 0.2) is 84.9 Å². The van der Waals surface area contributed by atoms with E-state index < -0.39 is 40.7 Å². The van der Waals surface area contributed by atoms with Gasteiger partial charge in [-0.15, -0.1) is 11.3 Å². The minimum atomic E-state index is -4.51. The zero-order valence-corrected chi connectivity index (χ0v) is 28.4. The van der Waals surface area contributed by atoms with E-state index in [-0.39, 0.29) is 31.7 Å². The molecule has 2 heterocycles. The lowest BCUT2D eigenvalue weighted by atomic mass is 10.1. The summed E-state index contributed by atoms with van der Waals surface area (Å²) in [6.07, 6.45) is -5.20. The van der Waals surface area contributed by atoms with Crippen molar-refractivity contribution < 1.29 is 41.8 Å². The van der Waals surface area contributed by atoms with E-state index in [0.717, 1.165) is 16.0 Å². The molecule has 0 fully saturated rings. The number of carbonyl (C=O) groups is 3. The lowest BCUT2D eigenvalue weighted by molar-refractivity contribution is -0.157. The van der Waals surface area contributed by atoms with E-state index in [1.165, 1.54) is 18.0 Å². The predicted molar refractivity (Wildman–Crippen MR) is 180 cm³/mol. The smallest absolute Gasteiger partial charge is 0.426 e. The van der Waals surface area contributed by atoms with Crippen LogP contribution in [0.1, 0.15) is 48.1 Å². The fourth-order valence-electron chi connectivity index (χ4n) is 5.47. The molecule has 4 aromatic rings. The van der Waals surface area contributed by atoms with Crippen LogP contribution in [-0.2, 0) is 44.9 Å². The molecule has 1 atom stereocenters. The Morgan fingerprint density at radius 2 is 1.59 bits per heavy atom. The Morgan fingerprint density at radius 3 is 2.24 bits per heavy atom. The molecule has 1 unspecified atom stereocenters. The minimum absolute atomic E-state index is 0.0107. The Balaban J connectivity index is 1.30. The number of benzene rings is 3. The van der Waals surface area contributed by atoms with Crippen LogP contribution in [0.2, 0.25) is 0 Å². The van der Waals surface area contributed by atoms with E-state index in [1.54, 1.807) is 81.4 Å². The van der Waals surface area contributed by atoms with E-state index in [0.29, 0.717) is 39.6 Å². The summed E-state index contributed by atoms with van der Waals surface area (Å²) in [5.41, 5.74) is 1.91. The maximum absolute atomic E-state index is 14.0. The van der Waals surface area contributed by atoms with Crippen LogP contribution in [0.25, 0.3) is 11.1 Å². The highest BCUT2D eigenvalue weighted by Crippen LogP contribution is 2.43. The zero-order chi connectivity index (χ0) is 35.3. The number of alkyl halides is 3. The second-order valence-electron chi connectivity index (χ2n) is 12.6. The van der Waals surface area contributed by atoms with Gasteiger partial charge in [0.25, 0.3) is 5.91 Å². The number of thiophene rings is 1. The maximum Gasteiger partial charge on any atom is 0.426 e. The van der Waals surface area contributed by atoms with Gasteiger partial charge in [0.15, 0.2) is 0 Å². The van der Waals surface area contributed by atoms with Gasteiger partial charge in [0.2, 0.25) is 0 Å². The molecule has 12 heteroatoms. The number of carbonyl (C=O) groups excluding carboxylic acids is 3. The van der Waals surface area contributed by atoms with Gasteiger partial charge >= 0.3 is 18.2 Å². The SMILES string of the molecule is CN(C(=O)OCc1ccccc1)C(CC(=O)OC(C)(C)C)C(=O)N1CCc2cc(OCc3cc(-c4ccccc4)c(C(F)(F)F)s3)ccc21. The molecule has 1 aliphatic heterocycles. The van der Waals surface area contributed by atoms with Crippen molar-refractivity contribution in [2.75, 3.05) is 18.5 Å². The quantitative estimate of drug-likeness (QED) is 0.156. The first kappa shape index (κ1) is 35.5. The molecular formula is C37H37F3N2O6S. The topological polar surface area (TPSA) is 85.4 Å². The van der Waals surface area contributed by atoms with E-state index >= 15 is 0 Å². The Hall–Kier alpha value is -4.84. The largest absolute Gasteiger partial charge is 0.488 e. The summed E-state index contributed by atoms with van der Waals surface area (Å²) in [6.45, 7) is 5.35. The fraction of sp³-hybridized carbons (Fsp3) is 0.324. The van der Waals surface area contributed by atoms with Gasteiger partial charge in [-0.05, 0) is 68.1 Å². The van der Waals surface area contributed by atoms with Crippen molar-refractivity contribution >= 4 is 35.0 Å². The molecule has 0 aliphatic carbocycles. The number of hydrogen-bond donors (Lipinski definition) is 0. The van der Waals surface area contributed by atoms with Crippen molar-refractivity contribution in [1.82, 2.24) is 4.90 Å². The molecule has 1 aliphatic rings. The normalized spacial score (nSPS) is 13.4. The van der Waals surface area contributed by atoms with Crippen LogP contribution in [0.3, 0.4) is 0 Å². The van der Waals surface area contributed by atoms with Crippen LogP contribution in [-0.4, -0.2) is 48.1 Å². The van der Waals surface area contributed by atoms with Gasteiger partial charge in [-0.25, -0.2) is 4.79 Å². The summed E-state index contributed by atoms with van der Waals surface area (Å²) in [6, 6.07) is 22.9. The third-order valence-electron chi connectivity index (χ3n) is 7.74. The number of esters is 1. The second-order valence-corrected chi connectivity index (χ2v) is 13.7. The number of anilines is 1. The maximum atomic E-state index is 14.0. The lowest BCUT2D eigenvalue weighted by Crippen LogP contribution is -2.50. The van der Waals surface area contributed by atoms with Crippen molar-refractivity contribution in [1.29, 1.82) is 0 Å². The second kappa shape index (κ2) is 14.7. The number of hydrogen-bond acceptors (Lipinski definition) is 7. The van der Waals surface area contributed by atoms with Crippen molar-refractivity contribution in [2.24, 2.45) is 0 Å². The van der Waals surface area contributed by atoms with Gasteiger partial charge in [-0.2, -0.15) is 13.2 Å². The molecule has 0 saturated heterocycles. The van der Waals surface area contributed by atoms with E-state index in [9.17, 15) is 27.6 Å². The third kappa shape index (κ3) is 9.00. The fourth-order valence-corrected chi connectivity index (χ4v) is 6.43. The highest BCUT2D eigenvalue weighted by molar-refractivity contribution is 7.12. The van der Waals surface area contributed by atoms with Crippen molar-refractivity contribution in [3.8, 4) is 16.9 Å². The van der Waals surface area contributed by atoms with E-state index in [1.807, 2.05) is 18.2 Å². The van der Waals surface area contributed by atoms with Gasteiger partial charge in [0.05, 0.1) is 6.42 Å². The van der Waals surface area contributed by atoms with Crippen LogP contribution in [0, 0.1) is 0 Å². The monoisotopic (exact) mass is 694 g/mol. The van der Waals surface area contributed by atoms with Gasteiger partial charge in [-0.3, -0.25) is 14.5 Å². The Kier molecular flexibility index (Phi) is 10.7. The average molecular weight is 695 g/mol. The Morgan fingerprint density at radius 1 is 0.918 bits per heavy atom. The molecule has 5 rings (SSSR count). The van der Waals surface area contributed by atoms with Gasteiger partial charge < -0.3 is 19.1 Å². The van der Waals surface area contributed by atoms with Crippen molar-refractivity contribution in [3.63, 3.8) is 0 Å². The molecule has 0 spiro atoms. The number of rotatable bonds is 10. The van der Waals surface area contributed by atoms with Gasteiger partial charge in [0, 0.05) is 29.7 Å². The number of halogens is 3. The van der Waals surface area contributed by atoms with E-state index in [4.69, 9.17) is 14.2 Å². The van der Waals surface area contributed by atoms with Crippen LogP contribution in [0.5, 0.6) is 5.75 Å². The molecular weight excluding hydrogens is 657 g/mol. The molecule has 0 radical (unpaired) electrons. The molecule has 8 nitrogen and oxygen atoms in total. The van der Waals surface area contributed by atoms with Crippen LogP contribution in [0.4, 0.5) is 23.7 Å². The summed E-state index contributed by atoms with van der Waals surface area (Å²) in [4.78, 5) is 42.3. The number of nitrogens with zero attached hydrogens (tertiary/aromatic N) is 2. The summed E-state index contributed by atoms with van der Waals surface area (Å²) in [7, 11) is 1.41. The molecule has 2 amide bonds. The van der Waals surface area contributed by atoms with Gasteiger partial charge in [0.1, 0.15) is 35.5 Å². The lowest BCUT2D eigenvalue weighted by Gasteiger charge is -2.31. The molecule has 258 valence electrons. The predicted octanol–water partition coefficient (Wildman–Crippen LogP) is 8.27. The summed E-state index contributed by atoms with van der Waals surface area (Å²) in [5.74, 6) is -0.693. The first-order valence-electron chi connectivity index (χ1n) is 15.7. The molecule has 0 N–H and O–H groups in total. The molecule has 1 aromatic heterocycles. The van der Waals surface area contributed by atoms with E-state index in [2.05, 4.69) is 0 Å². The summed E-state index contributed by atoms with van der Waals surface area (Å²) >= 11 is 0.645. The van der Waals surface area contributed by atoms with Crippen LogP contribution < -0.4 is 9.64 Å². The number of amides is 2. The van der Waals surface area contributed by atoms with Crippen molar-refractivity contribution in [2.45, 2.75) is 64.6 Å². The first-order valence-corrected chi connectivity index (χ1v) is 16.5. The molecule has 0 bridgehead atoms. The molecule has 0 saturated carbocycles. The number of fused-ring (bicyclic) bond motifs is 1.